The molecule has 0 saturated carbocycles. The summed E-state index contributed by atoms with van der Waals surface area (Å²) in [6.07, 6.45) is -4.39. The predicted octanol–water partition coefficient (Wildman–Crippen LogP) is 1.37. The van der Waals surface area contributed by atoms with Crippen LogP contribution in [0.25, 0.3) is 0 Å². The number of alkyl halides is 3. The van der Waals surface area contributed by atoms with Gasteiger partial charge in [-0.1, -0.05) is 0 Å². The highest BCUT2D eigenvalue weighted by Crippen LogP contribution is 2.28. The first-order chi connectivity index (χ1) is 8.24. The zero-order chi connectivity index (χ0) is 13.9. The molecular formula is C10H11F3N2O3. The third-order valence-electron chi connectivity index (χ3n) is 2.29. The van der Waals surface area contributed by atoms with Crippen molar-refractivity contribution >= 4 is 5.97 Å². The van der Waals surface area contributed by atoms with Crippen LogP contribution in [0.5, 0.6) is 5.88 Å². The first-order valence-electron chi connectivity index (χ1n) is 4.89. The molecule has 1 aromatic rings. The molecule has 0 atom stereocenters. The van der Waals surface area contributed by atoms with Crippen molar-refractivity contribution < 1.29 is 27.8 Å². The van der Waals surface area contributed by atoms with Crippen molar-refractivity contribution in [1.82, 2.24) is 4.98 Å². The number of carboxylic acid groups (broad SMARTS) is 1. The van der Waals surface area contributed by atoms with Gasteiger partial charge in [0.1, 0.15) is 0 Å². The summed E-state index contributed by atoms with van der Waals surface area (Å²) in [7, 11) is 0. The van der Waals surface area contributed by atoms with Gasteiger partial charge >= 0.3 is 12.3 Å². The summed E-state index contributed by atoms with van der Waals surface area (Å²) in [4.78, 5) is 14.1. The molecule has 5 nitrogen and oxygen atoms in total. The number of nitrogens with two attached hydrogens (primary N) is 1. The lowest BCUT2D eigenvalue weighted by Gasteiger charge is -2.15. The number of halogens is 3. The minimum absolute atomic E-state index is 0.0533. The van der Waals surface area contributed by atoms with Gasteiger partial charge < -0.3 is 15.6 Å². The number of carbonyl (C=O) groups is 1. The fourth-order valence-electron chi connectivity index (χ4n) is 1.43. The third kappa shape index (κ3) is 3.59. The second-order valence-electron chi connectivity index (χ2n) is 3.51. The second kappa shape index (κ2) is 5.21. The van der Waals surface area contributed by atoms with Crippen molar-refractivity contribution in [2.75, 3.05) is 0 Å². The molecule has 1 heterocycles. The molecule has 0 radical (unpaired) electrons. The van der Waals surface area contributed by atoms with Crippen LogP contribution in [0.4, 0.5) is 13.2 Å². The van der Waals surface area contributed by atoms with Crippen molar-refractivity contribution in [2.45, 2.75) is 26.3 Å². The van der Waals surface area contributed by atoms with Crippen LogP contribution in [0.1, 0.15) is 16.7 Å². The van der Waals surface area contributed by atoms with Crippen molar-refractivity contribution in [3.8, 4) is 5.88 Å². The van der Waals surface area contributed by atoms with E-state index in [1.807, 2.05) is 0 Å². The smallest absolute Gasteiger partial charge is 0.481 e. The number of rotatable bonds is 4. The quantitative estimate of drug-likeness (QED) is 0.857. The van der Waals surface area contributed by atoms with Gasteiger partial charge in [-0.25, -0.2) is 4.98 Å². The summed E-state index contributed by atoms with van der Waals surface area (Å²) < 4.78 is 40.1. The SMILES string of the molecule is Cc1c(CN)cnc(OC(F)(F)F)c1CC(=O)O. The Morgan fingerprint density at radius 1 is 1.56 bits per heavy atom. The number of aliphatic carboxylic acids is 1. The number of nitrogens with zero attached hydrogens (tertiary/aromatic N) is 1. The summed E-state index contributed by atoms with van der Waals surface area (Å²) in [5.74, 6) is -2.03. The minimum atomic E-state index is -4.92. The number of aromatic nitrogens is 1. The Balaban J connectivity index is 3.24. The second-order valence-corrected chi connectivity index (χ2v) is 3.51. The highest BCUT2D eigenvalue weighted by Gasteiger charge is 2.33. The van der Waals surface area contributed by atoms with Crippen LogP contribution in [0.15, 0.2) is 6.20 Å². The van der Waals surface area contributed by atoms with Crippen LogP contribution in [-0.2, 0) is 17.8 Å². The van der Waals surface area contributed by atoms with Crippen molar-refractivity contribution in [3.63, 3.8) is 0 Å². The van der Waals surface area contributed by atoms with Gasteiger partial charge in [-0.05, 0) is 18.1 Å². The van der Waals surface area contributed by atoms with E-state index in [4.69, 9.17) is 10.8 Å². The zero-order valence-electron chi connectivity index (χ0n) is 9.41. The number of hydrogen-bond acceptors (Lipinski definition) is 4. The highest BCUT2D eigenvalue weighted by atomic mass is 19.4. The predicted molar refractivity (Wildman–Crippen MR) is 54.9 cm³/mol. The topological polar surface area (TPSA) is 85.4 Å². The van der Waals surface area contributed by atoms with Gasteiger partial charge in [-0.2, -0.15) is 0 Å². The van der Waals surface area contributed by atoms with Gasteiger partial charge in [-0.3, -0.25) is 4.79 Å². The summed E-state index contributed by atoms with van der Waals surface area (Å²) in [5.41, 5.74) is 6.07. The third-order valence-corrected chi connectivity index (χ3v) is 2.29. The van der Waals surface area contributed by atoms with Gasteiger partial charge in [0.2, 0.25) is 5.88 Å². The van der Waals surface area contributed by atoms with E-state index >= 15 is 0 Å². The molecule has 18 heavy (non-hydrogen) atoms. The minimum Gasteiger partial charge on any atom is -0.481 e. The molecule has 0 saturated heterocycles. The van der Waals surface area contributed by atoms with E-state index in [1.54, 1.807) is 0 Å². The maximum atomic E-state index is 12.1. The van der Waals surface area contributed by atoms with E-state index in [2.05, 4.69) is 9.72 Å². The molecule has 0 amide bonds. The Bertz CT molecular complexity index is 460. The molecule has 0 aliphatic heterocycles. The van der Waals surface area contributed by atoms with E-state index < -0.39 is 24.6 Å². The Labute approximate surface area is 100 Å². The fraction of sp³-hybridized carbons (Fsp3) is 0.400. The van der Waals surface area contributed by atoms with E-state index in [0.717, 1.165) is 6.20 Å². The molecule has 100 valence electrons. The molecule has 3 N–H and O–H groups in total. The number of hydrogen-bond donors (Lipinski definition) is 2. The lowest BCUT2D eigenvalue weighted by molar-refractivity contribution is -0.276. The summed E-state index contributed by atoms with van der Waals surface area (Å²) in [6, 6.07) is 0. The molecule has 1 aromatic heterocycles. The van der Waals surface area contributed by atoms with Gasteiger partial charge in [0, 0.05) is 18.3 Å². The van der Waals surface area contributed by atoms with E-state index in [9.17, 15) is 18.0 Å². The summed E-state index contributed by atoms with van der Waals surface area (Å²) >= 11 is 0. The first-order valence-corrected chi connectivity index (χ1v) is 4.89. The maximum Gasteiger partial charge on any atom is 0.574 e. The molecular weight excluding hydrogens is 253 g/mol. The highest BCUT2D eigenvalue weighted by molar-refractivity contribution is 5.72. The normalized spacial score (nSPS) is 11.4. The Morgan fingerprint density at radius 2 is 2.17 bits per heavy atom. The van der Waals surface area contributed by atoms with Gasteiger partial charge in [0.15, 0.2) is 0 Å². The van der Waals surface area contributed by atoms with Crippen LogP contribution in [0.3, 0.4) is 0 Å². The number of pyridine rings is 1. The molecule has 0 aliphatic carbocycles. The van der Waals surface area contributed by atoms with Crippen molar-refractivity contribution in [3.05, 3.63) is 22.9 Å². The largest absolute Gasteiger partial charge is 0.574 e. The average Bonchev–Trinajstić information content (AvgIpc) is 2.21. The molecule has 0 aliphatic rings. The molecule has 0 bridgehead atoms. The zero-order valence-corrected chi connectivity index (χ0v) is 9.41. The Hall–Kier alpha value is -1.83. The van der Waals surface area contributed by atoms with E-state index in [-0.39, 0.29) is 12.1 Å². The van der Waals surface area contributed by atoms with Gasteiger partial charge in [0.05, 0.1) is 6.42 Å². The van der Waals surface area contributed by atoms with Crippen LogP contribution < -0.4 is 10.5 Å². The molecule has 0 aromatic carbocycles. The molecule has 0 fully saturated rings. The van der Waals surface area contributed by atoms with Crippen molar-refractivity contribution in [2.24, 2.45) is 5.73 Å². The molecule has 8 heteroatoms. The van der Waals surface area contributed by atoms with Crippen LogP contribution in [0.2, 0.25) is 0 Å². The van der Waals surface area contributed by atoms with E-state index in [0.29, 0.717) is 11.1 Å². The first kappa shape index (κ1) is 14.2. The lowest BCUT2D eigenvalue weighted by atomic mass is 10.0. The standard InChI is InChI=1S/C10H11F3N2O3/c1-5-6(3-14)4-15-9(18-10(11,12)13)7(5)2-8(16)17/h4H,2-3,14H2,1H3,(H,16,17). The van der Waals surface area contributed by atoms with Gasteiger partial charge in [0.25, 0.3) is 0 Å². The summed E-state index contributed by atoms with van der Waals surface area (Å²) in [6.45, 7) is 1.53. The van der Waals surface area contributed by atoms with Gasteiger partial charge in [-0.15, -0.1) is 13.2 Å². The maximum absolute atomic E-state index is 12.1. The Kier molecular flexibility index (Phi) is 4.12. The molecule has 0 spiro atoms. The molecule has 0 unspecified atom stereocenters. The fourth-order valence-corrected chi connectivity index (χ4v) is 1.43. The monoisotopic (exact) mass is 264 g/mol. The summed E-state index contributed by atoms with van der Waals surface area (Å²) in [5, 5.41) is 8.68. The average molecular weight is 264 g/mol. The Morgan fingerprint density at radius 3 is 2.61 bits per heavy atom. The van der Waals surface area contributed by atoms with Crippen molar-refractivity contribution in [1.29, 1.82) is 0 Å². The number of ether oxygens (including phenoxy) is 1. The number of carboxylic acids is 1. The molecule has 1 rings (SSSR count). The lowest BCUT2D eigenvalue weighted by Crippen LogP contribution is -2.20. The van der Waals surface area contributed by atoms with Crippen LogP contribution in [0, 0.1) is 6.92 Å². The van der Waals surface area contributed by atoms with E-state index in [1.165, 1.54) is 6.92 Å². The van der Waals surface area contributed by atoms with Crippen LogP contribution in [-0.4, -0.2) is 22.4 Å². The van der Waals surface area contributed by atoms with Crippen LogP contribution >= 0.6 is 0 Å².